The van der Waals surface area contributed by atoms with Gasteiger partial charge in [-0.05, 0) is 36.1 Å². The lowest BCUT2D eigenvalue weighted by Gasteiger charge is -2.14. The van der Waals surface area contributed by atoms with Gasteiger partial charge in [0.1, 0.15) is 5.82 Å². The van der Waals surface area contributed by atoms with Crippen LogP contribution in [0.5, 0.6) is 0 Å². The van der Waals surface area contributed by atoms with Crippen LogP contribution in [0.1, 0.15) is 29.2 Å². The fraction of sp³-hybridized carbons (Fsp3) is 0.400. The van der Waals surface area contributed by atoms with Crippen LogP contribution in [0, 0.1) is 5.82 Å². The molecule has 0 fully saturated rings. The minimum absolute atomic E-state index is 0.00248. The van der Waals surface area contributed by atoms with Crippen molar-refractivity contribution in [3.05, 3.63) is 34.6 Å². The lowest BCUT2D eigenvalue weighted by molar-refractivity contribution is -0.139. The van der Waals surface area contributed by atoms with Gasteiger partial charge < -0.3 is 5.11 Å². The van der Waals surface area contributed by atoms with Crippen molar-refractivity contribution in [1.82, 2.24) is 0 Å². The second kappa shape index (κ2) is 3.20. The van der Waals surface area contributed by atoms with E-state index in [1.165, 1.54) is 0 Å². The number of aliphatic hydroxyl groups is 1. The Hall–Kier alpha value is -1.10. The quantitative estimate of drug-likeness (QED) is 0.666. The molecule has 1 aromatic carbocycles. The zero-order valence-electron chi connectivity index (χ0n) is 7.61. The number of alkyl halides is 3. The molecule has 1 aromatic rings. The average molecular weight is 220 g/mol. The van der Waals surface area contributed by atoms with Crippen molar-refractivity contribution in [3.8, 4) is 0 Å². The normalized spacial score (nSPS) is 20.5. The van der Waals surface area contributed by atoms with Gasteiger partial charge in [0.2, 0.25) is 0 Å². The molecule has 0 heterocycles. The molecule has 1 atom stereocenters. The molecule has 0 aliphatic heterocycles. The largest absolute Gasteiger partial charge is 0.416 e. The number of fused-ring (bicyclic) bond motifs is 1. The maximum atomic E-state index is 13.2. The second-order valence-electron chi connectivity index (χ2n) is 3.54. The van der Waals surface area contributed by atoms with Crippen molar-refractivity contribution in [3.63, 3.8) is 0 Å². The van der Waals surface area contributed by atoms with Gasteiger partial charge in [0.05, 0.1) is 11.7 Å². The molecule has 82 valence electrons. The summed E-state index contributed by atoms with van der Waals surface area (Å²) in [5.74, 6) is -0.672. The molecule has 1 N–H and O–H groups in total. The number of hydrogen-bond acceptors (Lipinski definition) is 1. The first-order chi connectivity index (χ1) is 6.91. The average Bonchev–Trinajstić information content (AvgIpc) is 2.48. The van der Waals surface area contributed by atoms with E-state index in [1.54, 1.807) is 0 Å². The second-order valence-corrected chi connectivity index (χ2v) is 3.54. The van der Waals surface area contributed by atoms with E-state index in [1.807, 2.05) is 0 Å². The third kappa shape index (κ3) is 1.61. The molecule has 1 aliphatic carbocycles. The van der Waals surface area contributed by atoms with Gasteiger partial charge >= 0.3 is 6.18 Å². The minimum atomic E-state index is -4.54. The molecule has 0 spiro atoms. The zero-order chi connectivity index (χ0) is 11.2. The van der Waals surface area contributed by atoms with E-state index in [-0.39, 0.29) is 24.0 Å². The van der Waals surface area contributed by atoms with E-state index in [2.05, 4.69) is 0 Å². The predicted octanol–water partition coefficient (Wildman–Crippen LogP) is 2.82. The van der Waals surface area contributed by atoms with Crippen molar-refractivity contribution in [1.29, 1.82) is 0 Å². The maximum Gasteiger partial charge on any atom is 0.416 e. The Kier molecular flexibility index (Phi) is 2.22. The molecule has 0 unspecified atom stereocenters. The third-order valence-corrected chi connectivity index (χ3v) is 2.61. The summed E-state index contributed by atoms with van der Waals surface area (Å²) in [5, 5.41) is 9.38. The summed E-state index contributed by atoms with van der Waals surface area (Å²) in [7, 11) is 0. The van der Waals surface area contributed by atoms with Crippen LogP contribution >= 0.6 is 0 Å². The highest BCUT2D eigenvalue weighted by atomic mass is 19.4. The molecule has 0 saturated heterocycles. The van der Waals surface area contributed by atoms with Crippen LogP contribution in [0.15, 0.2) is 12.1 Å². The van der Waals surface area contributed by atoms with Crippen LogP contribution < -0.4 is 0 Å². The standard InChI is InChI=1S/C10H8F4O/c11-7-3-2-6(10(12,13)14)9-5(7)1-4-8(9)15/h2-3,8,15H,1,4H2/t8-/m1/s1. The molecule has 2 rings (SSSR count). The van der Waals surface area contributed by atoms with Gasteiger partial charge in [-0.3, -0.25) is 0 Å². The van der Waals surface area contributed by atoms with E-state index in [9.17, 15) is 22.7 Å². The molecule has 0 aromatic heterocycles. The first kappa shape index (κ1) is 10.4. The summed E-state index contributed by atoms with van der Waals surface area (Å²) in [6, 6.07) is 1.49. The molecule has 1 aliphatic rings. The number of benzene rings is 1. The van der Waals surface area contributed by atoms with Crippen LogP contribution in [0.4, 0.5) is 17.6 Å². The smallest absolute Gasteiger partial charge is 0.388 e. The van der Waals surface area contributed by atoms with Gasteiger partial charge in [-0.25, -0.2) is 4.39 Å². The molecule has 0 amide bonds. The SMILES string of the molecule is O[C@@H]1CCc2c(F)ccc(C(F)(F)F)c21. The van der Waals surface area contributed by atoms with Crippen molar-refractivity contribution in [2.24, 2.45) is 0 Å². The number of aliphatic hydroxyl groups excluding tert-OH is 1. The molecule has 0 saturated carbocycles. The highest BCUT2D eigenvalue weighted by molar-refractivity contribution is 5.42. The summed E-state index contributed by atoms with van der Waals surface area (Å²) in [5.41, 5.74) is -1.22. The highest BCUT2D eigenvalue weighted by Crippen LogP contribution is 2.42. The van der Waals surface area contributed by atoms with E-state index in [4.69, 9.17) is 0 Å². The van der Waals surface area contributed by atoms with Gasteiger partial charge in [0, 0.05) is 0 Å². The van der Waals surface area contributed by atoms with Crippen LogP contribution in [0.25, 0.3) is 0 Å². The molecule has 0 radical (unpaired) electrons. The number of rotatable bonds is 0. The van der Waals surface area contributed by atoms with Crippen molar-refractivity contribution >= 4 is 0 Å². The Balaban J connectivity index is 2.64. The maximum absolute atomic E-state index is 13.2. The lowest BCUT2D eigenvalue weighted by Crippen LogP contribution is -2.11. The Morgan fingerprint density at radius 3 is 2.53 bits per heavy atom. The van der Waals surface area contributed by atoms with Gasteiger partial charge in [-0.15, -0.1) is 0 Å². The fourth-order valence-corrected chi connectivity index (χ4v) is 1.95. The van der Waals surface area contributed by atoms with Crippen molar-refractivity contribution in [2.45, 2.75) is 25.1 Å². The van der Waals surface area contributed by atoms with Gasteiger partial charge in [-0.1, -0.05) is 0 Å². The number of hydrogen-bond donors (Lipinski definition) is 1. The first-order valence-electron chi connectivity index (χ1n) is 4.48. The zero-order valence-corrected chi connectivity index (χ0v) is 7.61. The van der Waals surface area contributed by atoms with Gasteiger partial charge in [-0.2, -0.15) is 13.2 Å². The fourth-order valence-electron chi connectivity index (χ4n) is 1.95. The van der Waals surface area contributed by atoms with Crippen LogP contribution in [0.2, 0.25) is 0 Å². The monoisotopic (exact) mass is 220 g/mol. The molecule has 1 nitrogen and oxygen atoms in total. The highest BCUT2D eigenvalue weighted by Gasteiger charge is 2.39. The van der Waals surface area contributed by atoms with Gasteiger partial charge in [0.25, 0.3) is 0 Å². The molecular weight excluding hydrogens is 212 g/mol. The third-order valence-electron chi connectivity index (χ3n) is 2.61. The van der Waals surface area contributed by atoms with E-state index < -0.39 is 23.7 Å². The summed E-state index contributed by atoms with van der Waals surface area (Å²) >= 11 is 0. The Labute approximate surface area is 83.3 Å². The molecule has 5 heteroatoms. The summed E-state index contributed by atoms with van der Waals surface area (Å²) in [6.07, 6.45) is -5.43. The van der Waals surface area contributed by atoms with Crippen molar-refractivity contribution < 1.29 is 22.7 Å². The summed E-state index contributed by atoms with van der Waals surface area (Å²) < 4.78 is 50.7. The van der Waals surface area contributed by atoms with E-state index in [0.717, 1.165) is 6.07 Å². The Morgan fingerprint density at radius 1 is 1.27 bits per heavy atom. The predicted molar refractivity (Wildman–Crippen MR) is 44.7 cm³/mol. The Bertz CT molecular complexity index is 397. The van der Waals surface area contributed by atoms with Gasteiger partial charge in [0.15, 0.2) is 0 Å². The van der Waals surface area contributed by atoms with Crippen molar-refractivity contribution in [2.75, 3.05) is 0 Å². The molecular formula is C10H8F4O. The molecule has 15 heavy (non-hydrogen) atoms. The Morgan fingerprint density at radius 2 is 1.93 bits per heavy atom. The van der Waals surface area contributed by atoms with E-state index >= 15 is 0 Å². The molecule has 0 bridgehead atoms. The first-order valence-corrected chi connectivity index (χ1v) is 4.48. The summed E-state index contributed by atoms with van der Waals surface area (Å²) in [4.78, 5) is 0. The van der Waals surface area contributed by atoms with Crippen LogP contribution in [-0.2, 0) is 12.6 Å². The lowest BCUT2D eigenvalue weighted by atomic mass is 10.0. The van der Waals surface area contributed by atoms with Crippen LogP contribution in [0.3, 0.4) is 0 Å². The van der Waals surface area contributed by atoms with Crippen LogP contribution in [-0.4, -0.2) is 5.11 Å². The number of halogens is 4. The minimum Gasteiger partial charge on any atom is -0.388 e. The summed E-state index contributed by atoms with van der Waals surface area (Å²) in [6.45, 7) is 0. The topological polar surface area (TPSA) is 20.2 Å². The van der Waals surface area contributed by atoms with E-state index in [0.29, 0.717) is 6.07 Å².